The van der Waals surface area contributed by atoms with Gasteiger partial charge in [0.1, 0.15) is 17.3 Å². The molecule has 0 aliphatic carbocycles. The average molecular weight is 417 g/mol. The number of carbonyl (C=O) groups excluding carboxylic acids is 2. The first-order chi connectivity index (χ1) is 14.9. The van der Waals surface area contributed by atoms with Crippen LogP contribution < -0.4 is 9.64 Å². The maximum absolute atomic E-state index is 13.5. The Morgan fingerprint density at radius 1 is 1.00 bits per heavy atom. The van der Waals surface area contributed by atoms with Gasteiger partial charge < -0.3 is 9.84 Å². The molecule has 0 radical (unpaired) electrons. The molecule has 1 N–H and O–H groups in total. The molecule has 1 aliphatic rings. The normalized spacial score (nSPS) is 17.8. The van der Waals surface area contributed by atoms with Crippen molar-refractivity contribution in [2.75, 3.05) is 12.0 Å². The fourth-order valence-electron chi connectivity index (χ4n) is 3.83. The second kappa shape index (κ2) is 8.07. The Morgan fingerprint density at radius 3 is 2.29 bits per heavy atom. The molecule has 0 spiro atoms. The third-order valence-corrected chi connectivity index (χ3v) is 5.33. The fraction of sp³-hybridized carbons (Fsp3) is 0.120. The molecule has 0 aromatic heterocycles. The lowest BCUT2D eigenvalue weighted by molar-refractivity contribution is -0.132. The van der Waals surface area contributed by atoms with Gasteiger partial charge >= 0.3 is 0 Å². The molecule has 1 saturated heterocycles. The number of anilines is 1. The topological polar surface area (TPSA) is 66.8 Å². The maximum atomic E-state index is 13.5. The predicted octanol–water partition coefficient (Wildman–Crippen LogP) is 4.77. The van der Waals surface area contributed by atoms with Crippen molar-refractivity contribution in [1.82, 2.24) is 0 Å². The summed E-state index contributed by atoms with van der Waals surface area (Å²) in [7, 11) is 1.55. The Morgan fingerprint density at radius 2 is 1.68 bits per heavy atom. The second-order valence-electron chi connectivity index (χ2n) is 7.24. The molecule has 1 fully saturated rings. The van der Waals surface area contributed by atoms with Gasteiger partial charge in [-0.15, -0.1) is 0 Å². The number of ether oxygens (including phenoxy) is 1. The molecule has 0 saturated carbocycles. The molecule has 1 unspecified atom stereocenters. The van der Waals surface area contributed by atoms with Gasteiger partial charge in [-0.2, -0.15) is 0 Å². The number of rotatable bonds is 4. The Bertz CT molecular complexity index is 1190. The van der Waals surface area contributed by atoms with E-state index in [4.69, 9.17) is 4.74 Å². The average Bonchev–Trinajstić information content (AvgIpc) is 3.05. The second-order valence-corrected chi connectivity index (χ2v) is 7.24. The molecule has 6 heteroatoms. The van der Waals surface area contributed by atoms with E-state index < -0.39 is 23.5 Å². The lowest BCUT2D eigenvalue weighted by atomic mass is 9.94. The van der Waals surface area contributed by atoms with E-state index in [1.165, 1.54) is 29.2 Å². The number of nitrogens with zero attached hydrogens (tertiary/aromatic N) is 1. The standard InChI is InChI=1S/C25H20FNO4/c1-15-14-17(8-13-20(15)31-2)23(28)21-22(16-6-4-3-5-7-16)27(25(30)24(21)29)19-11-9-18(26)10-12-19/h3-14,22,28H,1-2H3/b23-21-. The molecule has 1 heterocycles. The van der Waals surface area contributed by atoms with E-state index in [9.17, 15) is 19.1 Å². The Hall–Kier alpha value is -3.93. The van der Waals surface area contributed by atoms with E-state index >= 15 is 0 Å². The van der Waals surface area contributed by atoms with Crippen LogP contribution in [0.4, 0.5) is 10.1 Å². The maximum Gasteiger partial charge on any atom is 0.300 e. The van der Waals surface area contributed by atoms with Gasteiger partial charge in [-0.05, 0) is 60.5 Å². The van der Waals surface area contributed by atoms with E-state index in [2.05, 4.69) is 0 Å². The van der Waals surface area contributed by atoms with Crippen molar-refractivity contribution >= 4 is 23.1 Å². The molecular formula is C25H20FNO4. The highest BCUT2D eigenvalue weighted by atomic mass is 19.1. The van der Waals surface area contributed by atoms with Gasteiger partial charge in [-0.25, -0.2) is 4.39 Å². The number of aryl methyl sites for hydroxylation is 1. The highest BCUT2D eigenvalue weighted by molar-refractivity contribution is 6.51. The van der Waals surface area contributed by atoms with Crippen molar-refractivity contribution in [3.05, 3.63) is 101 Å². The monoisotopic (exact) mass is 417 g/mol. The summed E-state index contributed by atoms with van der Waals surface area (Å²) in [5, 5.41) is 11.1. The number of aliphatic hydroxyl groups excluding tert-OH is 1. The van der Waals surface area contributed by atoms with Crippen LogP contribution >= 0.6 is 0 Å². The third kappa shape index (κ3) is 3.57. The fourth-order valence-corrected chi connectivity index (χ4v) is 3.83. The Balaban J connectivity index is 1.92. The zero-order chi connectivity index (χ0) is 22.1. The van der Waals surface area contributed by atoms with Crippen LogP contribution in [0.3, 0.4) is 0 Å². The summed E-state index contributed by atoms with van der Waals surface area (Å²) >= 11 is 0. The minimum Gasteiger partial charge on any atom is -0.507 e. The Kier molecular flexibility index (Phi) is 5.29. The molecule has 4 rings (SSSR count). The molecule has 3 aromatic carbocycles. The minimum atomic E-state index is -0.853. The summed E-state index contributed by atoms with van der Waals surface area (Å²) in [6.45, 7) is 1.82. The largest absolute Gasteiger partial charge is 0.507 e. The van der Waals surface area contributed by atoms with Crippen molar-refractivity contribution < 1.29 is 23.8 Å². The van der Waals surface area contributed by atoms with Crippen LogP contribution in [0, 0.1) is 12.7 Å². The summed E-state index contributed by atoms with van der Waals surface area (Å²) in [6, 6.07) is 18.5. The first-order valence-corrected chi connectivity index (χ1v) is 9.69. The van der Waals surface area contributed by atoms with Gasteiger partial charge in [0.2, 0.25) is 0 Å². The zero-order valence-corrected chi connectivity index (χ0v) is 17.0. The van der Waals surface area contributed by atoms with E-state index in [1.807, 2.05) is 13.0 Å². The zero-order valence-electron chi connectivity index (χ0n) is 17.0. The molecule has 3 aromatic rings. The molecule has 1 atom stereocenters. The lowest BCUT2D eigenvalue weighted by Crippen LogP contribution is -2.29. The molecular weight excluding hydrogens is 397 g/mol. The van der Waals surface area contributed by atoms with Crippen LogP contribution in [-0.2, 0) is 9.59 Å². The first kappa shape index (κ1) is 20.3. The summed E-state index contributed by atoms with van der Waals surface area (Å²) in [4.78, 5) is 27.4. The number of carbonyl (C=O) groups is 2. The minimum absolute atomic E-state index is 0.0231. The summed E-state index contributed by atoms with van der Waals surface area (Å²) in [5.74, 6) is -1.67. The van der Waals surface area contributed by atoms with Crippen LogP contribution in [0.5, 0.6) is 5.75 Å². The van der Waals surface area contributed by atoms with Crippen LogP contribution in [0.1, 0.15) is 22.7 Å². The highest BCUT2D eigenvalue weighted by Gasteiger charge is 2.46. The summed E-state index contributed by atoms with van der Waals surface area (Å²) < 4.78 is 18.7. The highest BCUT2D eigenvalue weighted by Crippen LogP contribution is 2.42. The number of ketones is 1. The number of amides is 1. The van der Waals surface area contributed by atoms with Crippen molar-refractivity contribution in [2.45, 2.75) is 13.0 Å². The van der Waals surface area contributed by atoms with Gasteiger partial charge in [0.15, 0.2) is 0 Å². The van der Waals surface area contributed by atoms with E-state index in [-0.39, 0.29) is 11.3 Å². The van der Waals surface area contributed by atoms with Crippen molar-refractivity contribution in [2.24, 2.45) is 0 Å². The first-order valence-electron chi connectivity index (χ1n) is 9.69. The van der Waals surface area contributed by atoms with Gasteiger partial charge in [0.05, 0.1) is 18.7 Å². The van der Waals surface area contributed by atoms with Gasteiger partial charge in [-0.1, -0.05) is 30.3 Å². The number of methoxy groups -OCH3 is 1. The number of benzene rings is 3. The van der Waals surface area contributed by atoms with Crippen molar-refractivity contribution in [3.8, 4) is 5.75 Å². The smallest absolute Gasteiger partial charge is 0.300 e. The lowest BCUT2D eigenvalue weighted by Gasteiger charge is -2.25. The number of hydrogen-bond donors (Lipinski definition) is 1. The molecule has 1 aliphatic heterocycles. The van der Waals surface area contributed by atoms with Gasteiger partial charge in [-0.3, -0.25) is 14.5 Å². The van der Waals surface area contributed by atoms with Crippen LogP contribution in [0.2, 0.25) is 0 Å². The van der Waals surface area contributed by atoms with Crippen molar-refractivity contribution in [3.63, 3.8) is 0 Å². The number of halogens is 1. The number of hydrogen-bond acceptors (Lipinski definition) is 4. The van der Waals surface area contributed by atoms with Crippen LogP contribution in [0.15, 0.2) is 78.4 Å². The van der Waals surface area contributed by atoms with Crippen molar-refractivity contribution in [1.29, 1.82) is 0 Å². The molecule has 31 heavy (non-hydrogen) atoms. The Labute approximate surface area is 179 Å². The molecule has 5 nitrogen and oxygen atoms in total. The summed E-state index contributed by atoms with van der Waals surface area (Å²) in [6.07, 6.45) is 0. The molecule has 1 amide bonds. The third-order valence-electron chi connectivity index (χ3n) is 5.33. The number of Topliss-reactive ketones (excluding diaryl/α,β-unsaturated/α-hetero) is 1. The molecule has 0 bridgehead atoms. The van der Waals surface area contributed by atoms with E-state index in [1.54, 1.807) is 49.6 Å². The van der Waals surface area contributed by atoms with E-state index in [0.29, 0.717) is 22.6 Å². The van der Waals surface area contributed by atoms with Crippen LogP contribution in [-0.4, -0.2) is 23.9 Å². The quantitative estimate of drug-likeness (QED) is 0.377. The van der Waals surface area contributed by atoms with Crippen LogP contribution in [0.25, 0.3) is 5.76 Å². The molecule has 156 valence electrons. The van der Waals surface area contributed by atoms with Gasteiger partial charge in [0, 0.05) is 11.3 Å². The number of aliphatic hydroxyl groups is 1. The van der Waals surface area contributed by atoms with E-state index in [0.717, 1.165) is 5.56 Å². The summed E-state index contributed by atoms with van der Waals surface area (Å²) in [5.41, 5.74) is 2.16. The SMILES string of the molecule is COc1ccc(/C(O)=C2/C(=O)C(=O)N(c3ccc(F)cc3)C2c2ccccc2)cc1C. The van der Waals surface area contributed by atoms with Gasteiger partial charge in [0.25, 0.3) is 11.7 Å². The predicted molar refractivity (Wildman–Crippen MR) is 115 cm³/mol.